The van der Waals surface area contributed by atoms with Crippen molar-refractivity contribution in [1.29, 1.82) is 0 Å². The highest BCUT2D eigenvalue weighted by molar-refractivity contribution is 7.90. The summed E-state index contributed by atoms with van der Waals surface area (Å²) in [4.78, 5) is 4.11. The Balaban J connectivity index is 2.15. The first-order valence-electron chi connectivity index (χ1n) is 6.38. The van der Waals surface area contributed by atoms with E-state index in [1.807, 2.05) is 6.92 Å². The largest absolute Gasteiger partial charge is 0.360 e. The van der Waals surface area contributed by atoms with Crippen LogP contribution in [0.2, 0.25) is 0 Å². The second kappa shape index (κ2) is 5.74. The van der Waals surface area contributed by atoms with Crippen molar-refractivity contribution >= 4 is 9.84 Å². The van der Waals surface area contributed by atoms with Crippen molar-refractivity contribution in [3.05, 3.63) is 29.2 Å². The van der Waals surface area contributed by atoms with Gasteiger partial charge in [0.25, 0.3) is 0 Å². The summed E-state index contributed by atoms with van der Waals surface area (Å²) in [6.45, 7) is 5.25. The van der Waals surface area contributed by atoms with Gasteiger partial charge in [-0.3, -0.25) is 0 Å². The van der Waals surface area contributed by atoms with E-state index in [9.17, 15) is 8.42 Å². The number of hydrogen-bond donors (Lipinski definition) is 0. The zero-order chi connectivity index (χ0) is 14.8. The van der Waals surface area contributed by atoms with Crippen molar-refractivity contribution < 1.29 is 17.5 Å². The van der Waals surface area contributed by atoms with Crippen molar-refractivity contribution in [3.8, 4) is 0 Å². The minimum atomic E-state index is -3.48. The molecule has 110 valence electrons. The Kier molecular flexibility index (Phi) is 4.22. The molecule has 2 rings (SSSR count). The summed E-state index contributed by atoms with van der Waals surface area (Å²) in [7, 11) is -3.48. The predicted octanol–water partition coefficient (Wildman–Crippen LogP) is 1.99. The van der Waals surface area contributed by atoms with Gasteiger partial charge in [0.15, 0.2) is 21.4 Å². The Hall–Kier alpha value is -1.70. The number of hydrogen-bond acceptors (Lipinski definition) is 7. The lowest BCUT2D eigenvalue weighted by atomic mass is 10.3. The minimum Gasteiger partial charge on any atom is -0.360 e. The molecule has 0 N–H and O–H groups in total. The number of aryl methyl sites for hydroxylation is 2. The molecule has 0 aliphatic heterocycles. The van der Waals surface area contributed by atoms with Gasteiger partial charge in [0.1, 0.15) is 11.0 Å². The maximum atomic E-state index is 12.3. The Morgan fingerprint density at radius 2 is 2.05 bits per heavy atom. The molecule has 0 unspecified atom stereocenters. The van der Waals surface area contributed by atoms with Crippen molar-refractivity contribution in [1.82, 2.24) is 15.3 Å². The fourth-order valence-electron chi connectivity index (χ4n) is 1.72. The number of aromatic nitrogens is 3. The molecule has 1 atom stereocenters. The highest BCUT2D eigenvalue weighted by Gasteiger charge is 2.29. The summed E-state index contributed by atoms with van der Waals surface area (Å²) in [5.74, 6) is 0.716. The number of sulfone groups is 1. The van der Waals surface area contributed by atoms with E-state index in [1.165, 1.54) is 6.92 Å². The molecule has 0 radical (unpaired) electrons. The van der Waals surface area contributed by atoms with E-state index in [0.717, 1.165) is 6.42 Å². The van der Waals surface area contributed by atoms with Crippen LogP contribution in [0.4, 0.5) is 0 Å². The predicted molar refractivity (Wildman–Crippen MR) is 70.6 cm³/mol. The SMILES string of the molecule is CCCc1noc([C@@H](C)S(=O)(=O)Cc2cc(C)no2)n1. The summed E-state index contributed by atoms with van der Waals surface area (Å²) in [5.41, 5.74) is 0.644. The molecule has 0 aliphatic carbocycles. The van der Waals surface area contributed by atoms with Crippen LogP contribution < -0.4 is 0 Å². The molecule has 8 heteroatoms. The van der Waals surface area contributed by atoms with E-state index in [0.29, 0.717) is 23.7 Å². The van der Waals surface area contributed by atoms with Crippen LogP contribution in [-0.2, 0) is 22.0 Å². The molecule has 0 amide bonds. The first-order valence-corrected chi connectivity index (χ1v) is 8.10. The quantitative estimate of drug-likeness (QED) is 0.804. The molecule has 7 nitrogen and oxygen atoms in total. The molecule has 0 saturated heterocycles. The monoisotopic (exact) mass is 299 g/mol. The van der Waals surface area contributed by atoms with E-state index in [4.69, 9.17) is 9.05 Å². The molecule has 0 aromatic carbocycles. The molecule has 2 aromatic heterocycles. The fraction of sp³-hybridized carbons (Fsp3) is 0.583. The molecule has 0 aliphatic rings. The number of nitrogens with zero attached hydrogens (tertiary/aromatic N) is 3. The Labute approximate surface area is 117 Å². The third-order valence-electron chi connectivity index (χ3n) is 2.86. The van der Waals surface area contributed by atoms with Crippen molar-refractivity contribution in [2.75, 3.05) is 0 Å². The van der Waals surface area contributed by atoms with Crippen LogP contribution in [0.1, 0.15) is 48.7 Å². The second-order valence-electron chi connectivity index (χ2n) is 4.68. The highest BCUT2D eigenvalue weighted by atomic mass is 32.2. The lowest BCUT2D eigenvalue weighted by Crippen LogP contribution is -2.13. The van der Waals surface area contributed by atoms with Gasteiger partial charge in [-0.2, -0.15) is 4.98 Å². The van der Waals surface area contributed by atoms with Gasteiger partial charge in [-0.25, -0.2) is 8.42 Å². The van der Waals surface area contributed by atoms with Crippen LogP contribution in [0.5, 0.6) is 0 Å². The van der Waals surface area contributed by atoms with Gasteiger partial charge in [0.2, 0.25) is 5.89 Å². The van der Waals surface area contributed by atoms with Crippen LogP contribution in [-0.4, -0.2) is 23.7 Å². The van der Waals surface area contributed by atoms with Gasteiger partial charge in [0.05, 0.1) is 5.69 Å². The normalized spacial score (nSPS) is 13.6. The van der Waals surface area contributed by atoms with Crippen molar-refractivity contribution in [3.63, 3.8) is 0 Å². The lowest BCUT2D eigenvalue weighted by Gasteiger charge is -2.06. The maximum Gasteiger partial charge on any atom is 0.244 e. The average molecular weight is 299 g/mol. The second-order valence-corrected chi connectivity index (χ2v) is 7.00. The fourth-order valence-corrected chi connectivity index (χ4v) is 2.90. The summed E-state index contributed by atoms with van der Waals surface area (Å²) in [5, 5.41) is 6.57. The Morgan fingerprint density at radius 1 is 1.30 bits per heavy atom. The van der Waals surface area contributed by atoms with E-state index in [-0.39, 0.29) is 11.6 Å². The standard InChI is InChI=1S/C12H17N3O4S/c1-4-5-11-13-12(19-15-11)9(3)20(16,17)7-10-6-8(2)14-18-10/h6,9H,4-5,7H2,1-3H3/t9-/m1/s1. The lowest BCUT2D eigenvalue weighted by molar-refractivity contribution is 0.369. The van der Waals surface area contributed by atoms with Crippen LogP contribution in [0.25, 0.3) is 0 Å². The van der Waals surface area contributed by atoms with Crippen LogP contribution >= 0.6 is 0 Å². The molecule has 0 spiro atoms. The van der Waals surface area contributed by atoms with E-state index < -0.39 is 15.1 Å². The third kappa shape index (κ3) is 3.24. The van der Waals surface area contributed by atoms with E-state index in [2.05, 4.69) is 15.3 Å². The Bertz CT molecular complexity index is 674. The minimum absolute atomic E-state index is 0.115. The maximum absolute atomic E-state index is 12.3. The van der Waals surface area contributed by atoms with Gasteiger partial charge in [-0.1, -0.05) is 17.2 Å². The molecule has 20 heavy (non-hydrogen) atoms. The zero-order valence-electron chi connectivity index (χ0n) is 11.7. The van der Waals surface area contributed by atoms with Gasteiger partial charge in [-0.15, -0.1) is 0 Å². The van der Waals surface area contributed by atoms with E-state index >= 15 is 0 Å². The van der Waals surface area contributed by atoms with Gasteiger partial charge in [0, 0.05) is 12.5 Å². The summed E-state index contributed by atoms with van der Waals surface area (Å²) >= 11 is 0. The van der Waals surface area contributed by atoms with Crippen molar-refractivity contribution in [2.45, 2.75) is 44.6 Å². The van der Waals surface area contributed by atoms with Crippen LogP contribution in [0, 0.1) is 6.92 Å². The van der Waals surface area contributed by atoms with Crippen LogP contribution in [0.3, 0.4) is 0 Å². The number of rotatable bonds is 6. The molecular formula is C12H17N3O4S. The molecular weight excluding hydrogens is 282 g/mol. The summed E-state index contributed by atoms with van der Waals surface area (Å²) in [6, 6.07) is 1.60. The highest BCUT2D eigenvalue weighted by Crippen LogP contribution is 2.24. The molecule has 0 bridgehead atoms. The third-order valence-corrected chi connectivity index (χ3v) is 4.83. The Morgan fingerprint density at radius 3 is 2.65 bits per heavy atom. The summed E-state index contributed by atoms with van der Waals surface area (Å²) < 4.78 is 34.5. The molecule has 2 heterocycles. The van der Waals surface area contributed by atoms with Crippen LogP contribution in [0.15, 0.2) is 15.1 Å². The first-order chi connectivity index (χ1) is 9.42. The van der Waals surface area contributed by atoms with Gasteiger partial charge >= 0.3 is 0 Å². The smallest absolute Gasteiger partial charge is 0.244 e. The topological polar surface area (TPSA) is 99.1 Å². The molecule has 0 saturated carbocycles. The van der Waals surface area contributed by atoms with E-state index in [1.54, 1.807) is 13.0 Å². The molecule has 2 aromatic rings. The first kappa shape index (κ1) is 14.7. The average Bonchev–Trinajstić information content (AvgIpc) is 2.98. The zero-order valence-corrected chi connectivity index (χ0v) is 12.5. The van der Waals surface area contributed by atoms with Gasteiger partial charge < -0.3 is 9.05 Å². The molecule has 0 fully saturated rings. The van der Waals surface area contributed by atoms with Gasteiger partial charge in [-0.05, 0) is 20.3 Å². The summed E-state index contributed by atoms with van der Waals surface area (Å²) in [6.07, 6.45) is 1.54. The van der Waals surface area contributed by atoms with Crippen molar-refractivity contribution in [2.24, 2.45) is 0 Å².